The number of rotatable bonds is 3. The Morgan fingerprint density at radius 2 is 2.00 bits per heavy atom. The molecule has 1 amide bonds. The predicted octanol–water partition coefficient (Wildman–Crippen LogP) is 1.92. The lowest BCUT2D eigenvalue weighted by Gasteiger charge is -2.05. The van der Waals surface area contributed by atoms with Gasteiger partial charge in [-0.3, -0.25) is 25.0 Å². The zero-order valence-electron chi connectivity index (χ0n) is 9.04. The number of amides is 1. The minimum atomic E-state index is -0.975. The summed E-state index contributed by atoms with van der Waals surface area (Å²) in [6.07, 6.45) is 3.19. The van der Waals surface area contributed by atoms with Crippen LogP contribution in [0.15, 0.2) is 42.7 Å². The molecular formula is C11H8FN3O3. The molecule has 6 nitrogen and oxygen atoms in total. The van der Waals surface area contributed by atoms with Crippen molar-refractivity contribution >= 4 is 11.6 Å². The number of benzene rings is 1. The van der Waals surface area contributed by atoms with E-state index in [2.05, 4.69) is 5.43 Å². The van der Waals surface area contributed by atoms with Crippen LogP contribution in [0.1, 0.15) is 10.4 Å². The Morgan fingerprint density at radius 3 is 2.61 bits per heavy atom. The van der Waals surface area contributed by atoms with Crippen molar-refractivity contribution in [1.29, 1.82) is 0 Å². The topological polar surface area (TPSA) is 77.2 Å². The maximum absolute atomic E-state index is 13.1. The van der Waals surface area contributed by atoms with Crippen LogP contribution in [-0.2, 0) is 0 Å². The number of hydrogen-bond donors (Lipinski definition) is 1. The standard InChI is InChI=1S/C11H8FN3O3/c12-9-4-3-8(7-10(9)15(17)18)11(16)13-14-5-1-2-6-14/h1-7H,(H,13,16). The third kappa shape index (κ3) is 2.34. The van der Waals surface area contributed by atoms with E-state index < -0.39 is 22.3 Å². The van der Waals surface area contributed by atoms with E-state index in [-0.39, 0.29) is 5.56 Å². The average molecular weight is 249 g/mol. The van der Waals surface area contributed by atoms with E-state index in [0.717, 1.165) is 12.1 Å². The molecule has 0 saturated carbocycles. The zero-order valence-corrected chi connectivity index (χ0v) is 9.04. The van der Waals surface area contributed by atoms with Crippen molar-refractivity contribution in [3.8, 4) is 0 Å². The number of carbonyl (C=O) groups is 1. The molecule has 2 rings (SSSR count). The first-order chi connectivity index (χ1) is 8.58. The molecule has 0 saturated heterocycles. The Bertz CT molecular complexity index is 596. The van der Waals surface area contributed by atoms with Crippen molar-refractivity contribution in [1.82, 2.24) is 4.68 Å². The van der Waals surface area contributed by atoms with Gasteiger partial charge in [-0.2, -0.15) is 4.39 Å². The van der Waals surface area contributed by atoms with Gasteiger partial charge in [0.25, 0.3) is 5.91 Å². The molecule has 0 unspecified atom stereocenters. The lowest BCUT2D eigenvalue weighted by molar-refractivity contribution is -0.387. The molecule has 0 radical (unpaired) electrons. The normalized spacial score (nSPS) is 10.1. The monoisotopic (exact) mass is 249 g/mol. The molecule has 2 aromatic rings. The Kier molecular flexibility index (Phi) is 3.05. The van der Waals surface area contributed by atoms with Gasteiger partial charge in [0.15, 0.2) is 0 Å². The van der Waals surface area contributed by atoms with Gasteiger partial charge in [-0.1, -0.05) is 0 Å². The summed E-state index contributed by atoms with van der Waals surface area (Å²) in [7, 11) is 0. The van der Waals surface area contributed by atoms with Crippen molar-refractivity contribution in [3.63, 3.8) is 0 Å². The quantitative estimate of drug-likeness (QED) is 0.666. The molecule has 1 aromatic carbocycles. The zero-order chi connectivity index (χ0) is 13.1. The molecule has 0 spiro atoms. The Balaban J connectivity index is 2.26. The van der Waals surface area contributed by atoms with Gasteiger partial charge in [0.05, 0.1) is 4.92 Å². The number of carbonyl (C=O) groups excluding carboxylic acids is 1. The molecule has 92 valence electrons. The summed E-state index contributed by atoms with van der Waals surface area (Å²) < 4.78 is 14.5. The second kappa shape index (κ2) is 4.66. The first kappa shape index (κ1) is 11.8. The molecular weight excluding hydrogens is 241 g/mol. The van der Waals surface area contributed by atoms with Crippen LogP contribution in [0.4, 0.5) is 10.1 Å². The van der Waals surface area contributed by atoms with Crippen molar-refractivity contribution in [2.75, 3.05) is 5.43 Å². The van der Waals surface area contributed by atoms with Crippen LogP contribution in [0.3, 0.4) is 0 Å². The highest BCUT2D eigenvalue weighted by Crippen LogP contribution is 2.18. The van der Waals surface area contributed by atoms with E-state index in [1.807, 2.05) is 0 Å². The second-order valence-electron chi connectivity index (χ2n) is 3.45. The van der Waals surface area contributed by atoms with Crippen molar-refractivity contribution in [2.24, 2.45) is 0 Å². The van der Waals surface area contributed by atoms with E-state index >= 15 is 0 Å². The van der Waals surface area contributed by atoms with Crippen LogP contribution in [0.2, 0.25) is 0 Å². The van der Waals surface area contributed by atoms with Crippen molar-refractivity contribution in [2.45, 2.75) is 0 Å². The van der Waals surface area contributed by atoms with Crippen LogP contribution in [-0.4, -0.2) is 15.5 Å². The Hall–Kier alpha value is -2.70. The molecule has 7 heteroatoms. The average Bonchev–Trinajstić information content (AvgIpc) is 2.81. The molecule has 18 heavy (non-hydrogen) atoms. The lowest BCUT2D eigenvalue weighted by atomic mass is 10.2. The SMILES string of the molecule is O=C(Nn1cccc1)c1ccc(F)c([N+](=O)[O-])c1. The minimum Gasteiger partial charge on any atom is -0.268 e. The summed E-state index contributed by atoms with van der Waals surface area (Å²) in [5, 5.41) is 10.5. The van der Waals surface area contributed by atoms with Gasteiger partial charge in [0.2, 0.25) is 5.82 Å². The molecule has 0 aliphatic carbocycles. The maximum Gasteiger partial charge on any atom is 0.305 e. The molecule has 1 N–H and O–H groups in total. The number of hydrogen-bond acceptors (Lipinski definition) is 3. The first-order valence-corrected chi connectivity index (χ1v) is 4.96. The molecule has 1 aromatic heterocycles. The van der Waals surface area contributed by atoms with E-state index in [1.165, 1.54) is 10.7 Å². The largest absolute Gasteiger partial charge is 0.305 e. The van der Waals surface area contributed by atoms with Crippen LogP contribution in [0.5, 0.6) is 0 Å². The van der Waals surface area contributed by atoms with E-state index in [0.29, 0.717) is 0 Å². The van der Waals surface area contributed by atoms with Crippen LogP contribution in [0.25, 0.3) is 0 Å². The number of nitro groups is 1. The van der Waals surface area contributed by atoms with E-state index in [1.54, 1.807) is 24.5 Å². The predicted molar refractivity (Wildman–Crippen MR) is 61.2 cm³/mol. The molecule has 0 atom stereocenters. The second-order valence-corrected chi connectivity index (χ2v) is 3.45. The smallest absolute Gasteiger partial charge is 0.268 e. The van der Waals surface area contributed by atoms with Crippen LogP contribution in [0, 0.1) is 15.9 Å². The Labute approximate surface area is 101 Å². The van der Waals surface area contributed by atoms with Crippen molar-refractivity contribution < 1.29 is 14.1 Å². The number of nitrogens with zero attached hydrogens (tertiary/aromatic N) is 2. The van der Waals surface area contributed by atoms with Gasteiger partial charge in [-0.25, -0.2) is 0 Å². The summed E-state index contributed by atoms with van der Waals surface area (Å²) in [6.45, 7) is 0. The highest BCUT2D eigenvalue weighted by Gasteiger charge is 2.17. The van der Waals surface area contributed by atoms with Crippen LogP contribution < -0.4 is 5.43 Å². The highest BCUT2D eigenvalue weighted by atomic mass is 19.1. The number of halogens is 1. The minimum absolute atomic E-state index is 0.0109. The van der Waals surface area contributed by atoms with Gasteiger partial charge < -0.3 is 0 Å². The Morgan fingerprint density at radius 1 is 1.33 bits per heavy atom. The summed E-state index contributed by atoms with van der Waals surface area (Å²) in [5.74, 6) is -1.54. The molecule has 0 aliphatic heterocycles. The fourth-order valence-electron chi connectivity index (χ4n) is 1.38. The summed E-state index contributed by atoms with van der Waals surface area (Å²) in [4.78, 5) is 21.4. The third-order valence-corrected chi connectivity index (χ3v) is 2.24. The van der Waals surface area contributed by atoms with Gasteiger partial charge in [-0.15, -0.1) is 0 Å². The van der Waals surface area contributed by atoms with E-state index in [4.69, 9.17) is 0 Å². The fourth-order valence-corrected chi connectivity index (χ4v) is 1.38. The molecule has 0 aliphatic rings. The molecule has 0 bridgehead atoms. The van der Waals surface area contributed by atoms with E-state index in [9.17, 15) is 19.3 Å². The fraction of sp³-hybridized carbons (Fsp3) is 0. The van der Waals surface area contributed by atoms with Gasteiger partial charge in [0, 0.05) is 24.0 Å². The van der Waals surface area contributed by atoms with Crippen LogP contribution >= 0.6 is 0 Å². The molecule has 1 heterocycles. The van der Waals surface area contributed by atoms with Gasteiger partial charge >= 0.3 is 5.69 Å². The number of aromatic nitrogens is 1. The third-order valence-electron chi connectivity index (χ3n) is 2.24. The van der Waals surface area contributed by atoms with Gasteiger partial charge in [-0.05, 0) is 24.3 Å². The lowest BCUT2D eigenvalue weighted by Crippen LogP contribution is -2.21. The summed E-state index contributed by atoms with van der Waals surface area (Å²) in [5.41, 5.74) is 1.74. The molecule has 0 fully saturated rings. The summed E-state index contributed by atoms with van der Waals surface area (Å²) >= 11 is 0. The number of nitro benzene ring substituents is 1. The van der Waals surface area contributed by atoms with Gasteiger partial charge in [0.1, 0.15) is 0 Å². The highest BCUT2D eigenvalue weighted by molar-refractivity contribution is 6.00. The first-order valence-electron chi connectivity index (χ1n) is 4.96. The maximum atomic E-state index is 13.1. The van der Waals surface area contributed by atoms with Crippen molar-refractivity contribution in [3.05, 3.63) is 64.2 Å². The number of nitrogens with one attached hydrogen (secondary N) is 1. The summed E-state index contributed by atoms with van der Waals surface area (Å²) in [6, 6.07) is 6.37.